The van der Waals surface area contributed by atoms with Crippen molar-refractivity contribution in [3.63, 3.8) is 0 Å². The lowest BCUT2D eigenvalue weighted by Gasteiger charge is -2.45. The first-order chi connectivity index (χ1) is 9.33. The Morgan fingerprint density at radius 3 is 2.05 bits per heavy atom. The Bertz CT molecular complexity index is 418. The highest BCUT2D eigenvalue weighted by molar-refractivity contribution is 5.25. The van der Waals surface area contributed by atoms with Crippen LogP contribution in [-0.2, 0) is 5.60 Å². The van der Waals surface area contributed by atoms with Crippen molar-refractivity contribution >= 4 is 0 Å². The van der Waals surface area contributed by atoms with E-state index in [0.717, 1.165) is 31.7 Å². The molecule has 3 heteroatoms. The first kappa shape index (κ1) is 15.5. The van der Waals surface area contributed by atoms with E-state index in [1.807, 2.05) is 30.3 Å². The van der Waals surface area contributed by atoms with E-state index in [-0.39, 0.29) is 5.41 Å². The fraction of sp³-hybridized carbons (Fsp3) is 0.647. The smallest absolute Gasteiger partial charge is 0.107 e. The maximum atomic E-state index is 11.4. The van der Waals surface area contributed by atoms with Crippen LogP contribution in [0.2, 0.25) is 0 Å². The van der Waals surface area contributed by atoms with Crippen molar-refractivity contribution < 1.29 is 5.11 Å². The molecule has 0 radical (unpaired) electrons. The molecule has 0 amide bonds. The van der Waals surface area contributed by atoms with Gasteiger partial charge in [-0.3, -0.25) is 4.90 Å². The molecule has 20 heavy (non-hydrogen) atoms. The zero-order valence-electron chi connectivity index (χ0n) is 13.3. The zero-order valence-corrected chi connectivity index (χ0v) is 13.3. The third-order valence-electron chi connectivity index (χ3n) is 4.54. The number of rotatable bonds is 3. The van der Waals surface area contributed by atoms with E-state index in [9.17, 15) is 5.11 Å². The van der Waals surface area contributed by atoms with Crippen molar-refractivity contribution in [1.29, 1.82) is 0 Å². The minimum Gasteiger partial charge on any atom is -0.383 e. The van der Waals surface area contributed by atoms with Gasteiger partial charge in [0.15, 0.2) is 0 Å². The number of β-amino-alcohol motifs (C(OH)–C–C–N with tert-alkyl or cyclic N) is 1. The molecule has 1 heterocycles. The van der Waals surface area contributed by atoms with Crippen LogP contribution in [-0.4, -0.2) is 54.7 Å². The lowest BCUT2D eigenvalue weighted by atomic mass is 9.71. The average molecular weight is 276 g/mol. The molecule has 2 rings (SSSR count). The summed E-state index contributed by atoms with van der Waals surface area (Å²) >= 11 is 0. The number of nitrogens with zero attached hydrogens (tertiary/aromatic N) is 2. The minimum atomic E-state index is -0.815. The monoisotopic (exact) mass is 276 g/mol. The summed E-state index contributed by atoms with van der Waals surface area (Å²) < 4.78 is 0. The van der Waals surface area contributed by atoms with Crippen LogP contribution in [0.15, 0.2) is 30.3 Å². The van der Waals surface area contributed by atoms with E-state index < -0.39 is 5.60 Å². The second-order valence-corrected chi connectivity index (χ2v) is 7.06. The third kappa shape index (κ3) is 3.22. The maximum Gasteiger partial charge on any atom is 0.107 e. The number of hydrogen-bond acceptors (Lipinski definition) is 3. The fourth-order valence-electron chi connectivity index (χ4n) is 2.80. The largest absolute Gasteiger partial charge is 0.383 e. The van der Waals surface area contributed by atoms with Gasteiger partial charge in [-0.1, -0.05) is 51.1 Å². The topological polar surface area (TPSA) is 26.7 Å². The summed E-state index contributed by atoms with van der Waals surface area (Å²) in [4.78, 5) is 4.73. The number of aliphatic hydroxyl groups is 1. The summed E-state index contributed by atoms with van der Waals surface area (Å²) in [6.07, 6.45) is 0. The third-order valence-corrected chi connectivity index (χ3v) is 4.54. The highest BCUT2D eigenvalue weighted by Gasteiger charge is 2.43. The van der Waals surface area contributed by atoms with Crippen molar-refractivity contribution in [3.05, 3.63) is 35.9 Å². The normalized spacial score (nSPS) is 21.6. The predicted molar refractivity (Wildman–Crippen MR) is 83.7 cm³/mol. The van der Waals surface area contributed by atoms with Crippen molar-refractivity contribution in [2.45, 2.75) is 26.4 Å². The van der Waals surface area contributed by atoms with Gasteiger partial charge in [0.05, 0.1) is 0 Å². The molecule has 1 aromatic carbocycles. The van der Waals surface area contributed by atoms with Gasteiger partial charge >= 0.3 is 0 Å². The highest BCUT2D eigenvalue weighted by Crippen LogP contribution is 2.40. The molecular formula is C17H28N2O. The van der Waals surface area contributed by atoms with Gasteiger partial charge in [-0.25, -0.2) is 0 Å². The number of likely N-dealkylation sites (N-methyl/N-ethyl adjacent to an activating group) is 1. The van der Waals surface area contributed by atoms with Gasteiger partial charge in [-0.15, -0.1) is 0 Å². The van der Waals surface area contributed by atoms with Crippen LogP contribution in [0, 0.1) is 5.41 Å². The van der Waals surface area contributed by atoms with Gasteiger partial charge < -0.3 is 10.0 Å². The summed E-state index contributed by atoms with van der Waals surface area (Å²) in [5, 5.41) is 11.4. The average Bonchev–Trinajstić information content (AvgIpc) is 2.41. The van der Waals surface area contributed by atoms with Gasteiger partial charge in [-0.2, -0.15) is 0 Å². The van der Waals surface area contributed by atoms with Crippen LogP contribution in [0.5, 0.6) is 0 Å². The lowest BCUT2D eigenvalue weighted by molar-refractivity contribution is -0.0915. The number of benzene rings is 1. The first-order valence-electron chi connectivity index (χ1n) is 7.52. The SMILES string of the molecule is CN1CCN(CC(O)(c2ccccc2)C(C)(C)C)CC1. The van der Waals surface area contributed by atoms with Crippen molar-refractivity contribution in [2.24, 2.45) is 5.41 Å². The number of hydrogen-bond donors (Lipinski definition) is 1. The summed E-state index contributed by atoms with van der Waals surface area (Å²) in [7, 11) is 2.16. The molecular weight excluding hydrogens is 248 g/mol. The van der Waals surface area contributed by atoms with Crippen LogP contribution in [0.4, 0.5) is 0 Å². The van der Waals surface area contributed by atoms with Crippen LogP contribution < -0.4 is 0 Å². The van der Waals surface area contributed by atoms with E-state index in [2.05, 4.69) is 37.6 Å². The molecule has 0 saturated carbocycles. The Morgan fingerprint density at radius 1 is 1.00 bits per heavy atom. The molecule has 112 valence electrons. The summed E-state index contributed by atoms with van der Waals surface area (Å²) in [5.74, 6) is 0. The van der Waals surface area contributed by atoms with Gasteiger partial charge in [-0.05, 0) is 18.0 Å². The number of piperazine rings is 1. The molecule has 1 saturated heterocycles. The molecule has 1 N–H and O–H groups in total. The summed E-state index contributed by atoms with van der Waals surface area (Å²) in [6, 6.07) is 10.1. The van der Waals surface area contributed by atoms with Crippen molar-refractivity contribution in [1.82, 2.24) is 9.80 Å². The van der Waals surface area contributed by atoms with Crippen LogP contribution in [0.1, 0.15) is 26.3 Å². The molecule has 0 aliphatic carbocycles. The summed E-state index contributed by atoms with van der Waals surface area (Å²) in [6.45, 7) is 11.3. The van der Waals surface area contributed by atoms with Crippen LogP contribution in [0.3, 0.4) is 0 Å². The molecule has 1 unspecified atom stereocenters. The first-order valence-corrected chi connectivity index (χ1v) is 7.52. The Hall–Kier alpha value is -0.900. The molecule has 0 aromatic heterocycles. The van der Waals surface area contributed by atoms with Gasteiger partial charge in [0.2, 0.25) is 0 Å². The Morgan fingerprint density at radius 2 is 1.55 bits per heavy atom. The molecule has 0 bridgehead atoms. The molecule has 1 fully saturated rings. The zero-order chi connectivity index (χ0) is 14.8. The maximum absolute atomic E-state index is 11.4. The second kappa shape index (κ2) is 5.84. The molecule has 1 aliphatic rings. The van der Waals surface area contributed by atoms with E-state index >= 15 is 0 Å². The van der Waals surface area contributed by atoms with E-state index in [1.54, 1.807) is 0 Å². The van der Waals surface area contributed by atoms with Crippen LogP contribution in [0.25, 0.3) is 0 Å². The van der Waals surface area contributed by atoms with E-state index in [0.29, 0.717) is 6.54 Å². The molecule has 1 aromatic rings. The minimum absolute atomic E-state index is 0.197. The molecule has 1 atom stereocenters. The molecule has 3 nitrogen and oxygen atoms in total. The Balaban J connectivity index is 2.21. The van der Waals surface area contributed by atoms with Crippen LogP contribution >= 0.6 is 0 Å². The van der Waals surface area contributed by atoms with E-state index in [1.165, 1.54) is 0 Å². The van der Waals surface area contributed by atoms with Crippen molar-refractivity contribution in [2.75, 3.05) is 39.8 Å². The van der Waals surface area contributed by atoms with Gasteiger partial charge in [0.1, 0.15) is 5.60 Å². The standard InChI is InChI=1S/C17H28N2O/c1-16(2,3)17(20,15-8-6-5-7-9-15)14-19-12-10-18(4)11-13-19/h5-9,20H,10-14H2,1-4H3. The fourth-order valence-corrected chi connectivity index (χ4v) is 2.80. The van der Waals surface area contributed by atoms with E-state index in [4.69, 9.17) is 0 Å². The lowest BCUT2D eigenvalue weighted by Crippen LogP contribution is -2.54. The van der Waals surface area contributed by atoms with Gasteiger partial charge in [0.25, 0.3) is 0 Å². The Labute approximate surface area is 123 Å². The molecule has 0 spiro atoms. The van der Waals surface area contributed by atoms with Gasteiger partial charge in [0, 0.05) is 32.7 Å². The second-order valence-electron chi connectivity index (χ2n) is 7.06. The summed E-state index contributed by atoms with van der Waals surface area (Å²) in [5.41, 5.74) is 0.00781. The quantitative estimate of drug-likeness (QED) is 0.916. The predicted octanol–water partition coefficient (Wildman–Crippen LogP) is 2.17. The Kier molecular flexibility index (Phi) is 4.52. The molecule has 1 aliphatic heterocycles. The highest BCUT2D eigenvalue weighted by atomic mass is 16.3. The van der Waals surface area contributed by atoms with Crippen molar-refractivity contribution in [3.8, 4) is 0 Å².